The summed E-state index contributed by atoms with van der Waals surface area (Å²) in [6, 6.07) is 17.0. The third-order valence-electron chi connectivity index (χ3n) is 17.7. The van der Waals surface area contributed by atoms with E-state index in [-0.39, 0.29) is 98.0 Å². The summed E-state index contributed by atoms with van der Waals surface area (Å²) in [6.07, 6.45) is -38.2. The maximum Gasteiger partial charge on any atom is 0.416 e. The summed E-state index contributed by atoms with van der Waals surface area (Å²) in [5, 5.41) is 57.3. The number of alkyl halides is 21. The van der Waals surface area contributed by atoms with Gasteiger partial charge in [0, 0.05) is 47.3 Å². The van der Waals surface area contributed by atoms with Crippen LogP contribution in [0.5, 0.6) is 0 Å². The summed E-state index contributed by atoms with van der Waals surface area (Å²) in [7, 11) is 1.32. The van der Waals surface area contributed by atoms with E-state index in [1.165, 1.54) is 50.4 Å². The number of hydrogen-bond donors (Lipinski definition) is 9. The number of ether oxygens (including phenoxy) is 6. The molecular weight excluding hydrogens is 1970 g/mol. The molecule has 4 fully saturated rings. The number of hydrogen-bond acceptors (Lipinski definition) is 24. The van der Waals surface area contributed by atoms with Gasteiger partial charge in [-0.1, -0.05) is 42.5 Å². The number of amides is 4. The molecule has 0 spiro atoms. The van der Waals surface area contributed by atoms with Crippen LogP contribution in [0.2, 0.25) is 0 Å². The van der Waals surface area contributed by atoms with Crippen molar-refractivity contribution >= 4 is 123 Å². The van der Waals surface area contributed by atoms with Gasteiger partial charge in [-0.05, 0) is 106 Å². The van der Waals surface area contributed by atoms with Crippen LogP contribution < -0.4 is 36.0 Å². The van der Waals surface area contributed by atoms with E-state index in [1.54, 1.807) is 13.8 Å². The molecule has 36 nitrogen and oxygen atoms in total. The van der Waals surface area contributed by atoms with Crippen molar-refractivity contribution in [3.05, 3.63) is 252 Å². The predicted molar refractivity (Wildman–Crippen MR) is 440 cm³/mol. The number of anilines is 6. The summed E-state index contributed by atoms with van der Waals surface area (Å²) < 4.78 is 307. The monoisotopic (exact) mass is 2040 g/mol. The first kappa shape index (κ1) is 122. The summed E-state index contributed by atoms with van der Waals surface area (Å²) >= 11 is 0. The smallest absolute Gasteiger partial charge is 0.416 e. The summed E-state index contributed by atoms with van der Waals surface area (Å²) in [4.78, 5) is 122. The molecule has 10 N–H and O–H groups in total. The van der Waals surface area contributed by atoms with E-state index in [1.807, 2.05) is 0 Å². The third kappa shape index (κ3) is 35.8. The maximum atomic E-state index is 12.9. The lowest BCUT2D eigenvalue weighted by atomic mass is 10.1. The molecule has 760 valence electrons. The van der Waals surface area contributed by atoms with Crippen LogP contribution in [0.15, 0.2) is 127 Å². The number of aliphatic hydroxyl groups is 5. The molecule has 0 aromatic heterocycles. The number of methoxy groups -OCH3 is 1. The quantitative estimate of drug-likeness (QED) is 0.0134. The van der Waals surface area contributed by atoms with Gasteiger partial charge >= 0.3 is 85.9 Å². The Hall–Kier alpha value is -16.5. The molecule has 142 heavy (non-hydrogen) atoms. The highest BCUT2D eigenvalue weighted by Crippen LogP contribution is 2.47. The predicted octanol–water partition coefficient (Wildman–Crippen LogP) is 18.1. The fraction of sp³-hybridized carbons (Fsp3) is 0.321. The number of nitrogens with zero attached hydrogens (tertiary/aromatic N) is 11. The van der Waals surface area contributed by atoms with Gasteiger partial charge in [0.15, 0.2) is 52.3 Å². The molecule has 4 heterocycles. The molecule has 7 aromatic rings. The first-order valence-corrected chi connectivity index (χ1v) is 38.0. The lowest BCUT2D eigenvalue weighted by Crippen LogP contribution is -2.41. The second-order valence-corrected chi connectivity index (χ2v) is 27.2. The molecule has 0 aliphatic carbocycles. The number of carboxylic acids is 1. The Balaban J connectivity index is 0.000000550. The Kier molecular flexibility index (Phi) is 46.8. The Morgan fingerprint density at radius 1 is 0.451 bits per heavy atom. The zero-order chi connectivity index (χ0) is 109. The van der Waals surface area contributed by atoms with Crippen molar-refractivity contribution in [3.8, 4) is 0 Å². The standard InChI is InChI=1S/C13H11F3N2O3.2C12H9F3N2O3.C12H9F3N2O2.C11H9F3N2O3.C11H11F3N2O.C8H3F4N.C3H7NO3.2CO2/c1-7(19)11-6-21-12(20)18(11)8-3-4-10(17-2)9(5-8)13(14,15)16;1-16-9-4-3-7(5-8(9)12(13,14)15)17-10(19-2)6-20-11(17)18;1-16-10-3-2-7(4-9(10)12(13,14)15)17-8(5-18)6-20-11(17)19;1-7-6-19-11(18)17(7)8-3-4-10(16-2)9(5-8)12(13,14)15;1-15-9-3-2-7(4-8(9)11(12,13)14)16-10(5-17)19-6-18;1-7(6-17)16-8-3-4-10(15-2)9(5-8)11(12,13)14;1-13-7-3-2-5(9)4-6(7)8(10,11)12;4-2(1-5)3(6)7;2*2-1-3/h3-5,7,11,19H,6H2,1H3;3-5,10H,6H2,2H3;2-4,8,18H,5-6H2;3-5,7H,6H2,1H3;2-4,6,10,16-17H,5H2;3-5,7,16-17H,6H2,1H3;2-4H;2,5H,1,4H2,(H,6,7);;/t7?,11-;10-;8-;7-;10-;7-;;2-;;/m100000.1../s1. The average molecular weight is 2040 g/mol. The molecule has 0 saturated carbocycles. The van der Waals surface area contributed by atoms with E-state index >= 15 is 0 Å². The molecule has 11 rings (SSSR count). The minimum atomic E-state index is -4.71. The minimum absolute atomic E-state index is 0.0272. The number of carbonyl (C=O) groups excluding carboxylic acids is 9. The normalized spacial score (nSPS) is 15.8. The van der Waals surface area contributed by atoms with Gasteiger partial charge in [0.25, 0.3) is 6.47 Å². The van der Waals surface area contributed by atoms with E-state index in [4.69, 9.17) is 120 Å². The molecule has 4 aliphatic heterocycles. The highest BCUT2D eigenvalue weighted by Gasteiger charge is 2.45. The number of aliphatic hydroxyl groups excluding tert-OH is 5. The van der Waals surface area contributed by atoms with E-state index in [9.17, 15) is 130 Å². The summed E-state index contributed by atoms with van der Waals surface area (Å²) in [5.41, 5.74) is -6.48. The van der Waals surface area contributed by atoms with E-state index in [0.29, 0.717) is 18.2 Å². The largest absolute Gasteiger partial charge is 0.480 e. The van der Waals surface area contributed by atoms with Gasteiger partial charge in [-0.2, -0.15) is 111 Å². The molecule has 58 heteroatoms. The van der Waals surface area contributed by atoms with Crippen LogP contribution >= 0.6 is 0 Å². The van der Waals surface area contributed by atoms with Gasteiger partial charge in [0.1, 0.15) is 44.3 Å². The number of aliphatic carboxylic acids is 1. The average Bonchev–Trinajstić information content (AvgIpc) is 1.62. The van der Waals surface area contributed by atoms with Gasteiger partial charge in [-0.25, -0.2) is 62.4 Å². The van der Waals surface area contributed by atoms with Crippen LogP contribution in [-0.4, -0.2) is 188 Å². The maximum absolute atomic E-state index is 12.9. The van der Waals surface area contributed by atoms with Crippen LogP contribution in [0.4, 0.5) is 190 Å². The van der Waals surface area contributed by atoms with Crippen LogP contribution in [0.3, 0.4) is 0 Å². The molecule has 7 aromatic carbocycles. The first-order valence-electron chi connectivity index (χ1n) is 38.0. The first-order chi connectivity index (χ1) is 66.1. The molecule has 4 saturated heterocycles. The molecule has 8 atom stereocenters. The number of cyclic esters (lactones) is 4. The Morgan fingerprint density at radius 3 is 1.05 bits per heavy atom. The molecule has 1 unspecified atom stereocenters. The van der Waals surface area contributed by atoms with Crippen molar-refractivity contribution < 1.29 is 204 Å². The highest BCUT2D eigenvalue weighted by atomic mass is 19.4. The van der Waals surface area contributed by atoms with Crippen molar-refractivity contribution in [1.82, 2.24) is 0 Å². The molecule has 4 aliphatic rings. The Bertz CT molecular complexity index is 5810. The number of benzene rings is 7. The fourth-order valence-electron chi connectivity index (χ4n) is 11.2. The number of carbonyl (C=O) groups is 6. The molecular formula is C84H68F22N14O22. The van der Waals surface area contributed by atoms with Crippen molar-refractivity contribution in [1.29, 1.82) is 0 Å². The minimum Gasteiger partial charge on any atom is -0.480 e. The Morgan fingerprint density at radius 2 is 0.746 bits per heavy atom. The number of carboxylic acid groups (broad SMARTS) is 1. The number of nitrogens with two attached hydrogens (primary N) is 1. The summed E-state index contributed by atoms with van der Waals surface area (Å²) in [5.74, 6) is -2.18. The van der Waals surface area contributed by atoms with Crippen molar-refractivity contribution in [2.45, 2.75) is 113 Å². The van der Waals surface area contributed by atoms with E-state index in [2.05, 4.69) is 49.3 Å². The zero-order valence-corrected chi connectivity index (χ0v) is 72.0. The van der Waals surface area contributed by atoms with E-state index < -0.39 is 215 Å². The highest BCUT2D eigenvalue weighted by molar-refractivity contribution is 5.93. The zero-order valence-electron chi connectivity index (χ0n) is 72.0. The summed E-state index contributed by atoms with van der Waals surface area (Å²) in [6.45, 7) is 49.7. The van der Waals surface area contributed by atoms with Crippen LogP contribution in [0.1, 0.15) is 59.7 Å². The van der Waals surface area contributed by atoms with Gasteiger partial charge < -0.3 is 75.4 Å². The second kappa shape index (κ2) is 54.6. The van der Waals surface area contributed by atoms with Crippen molar-refractivity contribution in [2.75, 3.05) is 90.2 Å². The van der Waals surface area contributed by atoms with Gasteiger partial charge in [-0.15, -0.1) is 0 Å². The van der Waals surface area contributed by atoms with Crippen LogP contribution in [0.25, 0.3) is 33.9 Å². The number of halogens is 22. The third-order valence-corrected chi connectivity index (χ3v) is 17.7. The Labute approximate surface area is 785 Å². The fourth-order valence-corrected chi connectivity index (χ4v) is 11.2. The van der Waals surface area contributed by atoms with Crippen LogP contribution in [0, 0.1) is 51.8 Å². The lowest BCUT2D eigenvalue weighted by molar-refractivity contribution is -0.193. The number of rotatable bonds is 17. The van der Waals surface area contributed by atoms with Gasteiger partial charge in [-0.3, -0.25) is 24.3 Å². The molecule has 0 bridgehead atoms. The van der Waals surface area contributed by atoms with Crippen molar-refractivity contribution in [2.24, 2.45) is 5.73 Å². The second-order valence-electron chi connectivity index (χ2n) is 27.2. The lowest BCUT2D eigenvalue weighted by Gasteiger charge is -2.24. The topological polar surface area (TPSA) is 441 Å². The molecule has 0 radical (unpaired) electrons. The SMILES string of the molecule is N[C@H](CO)C(=O)O.O=C=O.O=C=O.[C-]#[N+]c1ccc(F)cc1C(F)(F)F.[C-]#[N+]c1ccc(N2C(=O)OC[C@@H]2C(C)O)cc1C(F)(F)F.[C-]#[N+]c1ccc(N2C(=O)OC[C@@H]2C)cc1C(F)(F)F.[C-]#[N+]c1ccc(N2C(=O)OC[C@@H]2CO)cc1C(F)(F)F.[C-]#[N+]c1ccc(N2C(=O)OC[C@@H]2OC)cc1C(F)(F)F.[C-]#[N+]c1ccc(N[C@@H](C)CO)cc1C(F)(F)F.[C-]#[N+]c1ccc(N[C@H](CO)OC=O)cc1C(F)(F)F. The number of nitrogens with one attached hydrogen (secondary N) is 2. The van der Waals surface area contributed by atoms with Crippen LogP contribution in [-0.2, 0) is 100 Å². The van der Waals surface area contributed by atoms with Gasteiger partial charge in [0.05, 0.1) is 130 Å². The van der Waals surface area contributed by atoms with E-state index in [0.717, 1.165) is 92.4 Å². The van der Waals surface area contributed by atoms with Crippen molar-refractivity contribution in [3.63, 3.8) is 0 Å². The van der Waals surface area contributed by atoms with Gasteiger partial charge in [0.2, 0.25) is 0 Å². The molecule has 4 amide bonds.